The van der Waals surface area contributed by atoms with Crippen molar-refractivity contribution in [3.63, 3.8) is 0 Å². The molecule has 0 aliphatic carbocycles. The first-order chi connectivity index (χ1) is 43.4. The van der Waals surface area contributed by atoms with Gasteiger partial charge in [0.05, 0.1) is 19.8 Å². The summed E-state index contributed by atoms with van der Waals surface area (Å²) in [5, 5.41) is 69.7. The molecule has 9 atom stereocenters. The Kier molecular flexibility index (Phi) is 29.1. The van der Waals surface area contributed by atoms with Crippen LogP contribution < -0.4 is 75.7 Å². The van der Waals surface area contributed by atoms with E-state index in [-0.39, 0.29) is 74.2 Å². The molecule has 3 aromatic carbocycles. The highest BCUT2D eigenvalue weighted by molar-refractivity contribution is 8.76. The number of nitrogens with zero attached hydrogens (tertiary/aromatic N) is 1. The van der Waals surface area contributed by atoms with Crippen molar-refractivity contribution in [3.05, 3.63) is 95.7 Å². The molecule has 91 heavy (non-hydrogen) atoms. The molecule has 1 aromatic heterocycles. The average molecular weight is 1310 g/mol. The van der Waals surface area contributed by atoms with E-state index in [2.05, 4.69) is 68.5 Å². The monoisotopic (exact) mass is 1300 g/mol. The number of aliphatic hydroxyl groups excluding tert-OH is 2. The molecule has 1 saturated heterocycles. The minimum Gasteiger partial charge on any atom is -0.508 e. The number of nitrogens with two attached hydrogens (primary N) is 3. The molecule has 0 spiro atoms. The zero-order valence-electron chi connectivity index (χ0n) is 50.2. The quantitative estimate of drug-likeness (QED) is 0.0181. The van der Waals surface area contributed by atoms with E-state index in [4.69, 9.17) is 17.2 Å². The van der Waals surface area contributed by atoms with Crippen molar-refractivity contribution >= 4 is 103 Å². The number of carbonyl (C=O) groups is 11. The van der Waals surface area contributed by atoms with Crippen molar-refractivity contribution in [3.8, 4) is 11.5 Å². The zero-order valence-corrected chi connectivity index (χ0v) is 51.9. The Morgan fingerprint density at radius 3 is 1.86 bits per heavy atom. The summed E-state index contributed by atoms with van der Waals surface area (Å²) in [5.41, 5.74) is 18.9. The van der Waals surface area contributed by atoms with Gasteiger partial charge in [-0.2, -0.15) is 0 Å². The fourth-order valence-electron chi connectivity index (χ4n) is 9.16. The third kappa shape index (κ3) is 23.6. The molecule has 0 unspecified atom stereocenters. The largest absolute Gasteiger partial charge is 0.508 e. The fraction of sp³-hybridized carbons (Fsp3) is 0.448. The minimum atomic E-state index is -1.77. The number of aromatic hydroxyl groups is 2. The number of phenolic OH excluding ortho intramolecular Hbond substituents is 2. The van der Waals surface area contributed by atoms with Crippen LogP contribution >= 0.6 is 21.6 Å². The summed E-state index contributed by atoms with van der Waals surface area (Å²) in [5.74, 6) is -12.0. The van der Waals surface area contributed by atoms with E-state index in [1.54, 1.807) is 44.3 Å². The topological polar surface area (TPSA) is 507 Å². The number of fused-ring (bicyclic) bond motifs is 1. The van der Waals surface area contributed by atoms with Gasteiger partial charge in [-0.25, -0.2) is 0 Å². The van der Waals surface area contributed by atoms with Gasteiger partial charge in [-0.3, -0.25) is 57.7 Å². The normalized spacial score (nSPS) is 22.0. The SMILES string of the molecule is CNCC(=O)N[C@@H](Cc1ccc(O)cc1)C(=O)N[C@H]1CSSC[C@@H](C(N)=O)NC(=O)[C@H](CO)NC(=O)[C@H](Cc2c[nH]c3ccccc23)NC(=O)[C@H](CO)NC(=O)CCNC(=O)[C@H](CCCN=C(N)N)NC(=O)[C@H](Cc2ccc(O)cc2)NC(=O)[C@H](C(C)C)NC1=O. The van der Waals surface area contributed by atoms with Gasteiger partial charge in [0.1, 0.15) is 65.9 Å². The Morgan fingerprint density at radius 2 is 1.23 bits per heavy atom. The van der Waals surface area contributed by atoms with Crippen molar-refractivity contribution in [2.24, 2.45) is 28.1 Å². The number of amides is 11. The Hall–Kier alpha value is -9.18. The van der Waals surface area contributed by atoms with Crippen LogP contribution in [0.25, 0.3) is 10.9 Å². The van der Waals surface area contributed by atoms with Gasteiger partial charge >= 0.3 is 0 Å². The van der Waals surface area contributed by atoms with Gasteiger partial charge in [-0.05, 0) is 72.8 Å². The maximum absolute atomic E-state index is 14.7. The minimum absolute atomic E-state index is 0.0106. The summed E-state index contributed by atoms with van der Waals surface area (Å²) >= 11 is 0. The molecule has 4 aromatic rings. The summed E-state index contributed by atoms with van der Waals surface area (Å²) in [6, 6.07) is 4.69. The van der Waals surface area contributed by atoms with Crippen molar-refractivity contribution in [1.82, 2.24) is 63.5 Å². The Bertz CT molecular complexity index is 3210. The number of aromatic nitrogens is 1. The van der Waals surface area contributed by atoms with Gasteiger partial charge in [0.25, 0.3) is 0 Å². The molecule has 0 bridgehead atoms. The van der Waals surface area contributed by atoms with Gasteiger partial charge in [0, 0.05) is 67.4 Å². The number of benzene rings is 3. The molecular formula is C58H80N16O15S2. The molecule has 494 valence electrons. The van der Waals surface area contributed by atoms with Crippen LogP contribution in [0, 0.1) is 5.92 Å². The summed E-state index contributed by atoms with van der Waals surface area (Å²) < 4.78 is 0. The van der Waals surface area contributed by atoms with Crippen LogP contribution in [0.5, 0.6) is 11.5 Å². The van der Waals surface area contributed by atoms with Crippen LogP contribution in [0.15, 0.2) is 84.0 Å². The Morgan fingerprint density at radius 1 is 0.659 bits per heavy atom. The number of hydrogen-bond donors (Lipinski definition) is 19. The lowest BCUT2D eigenvalue weighted by molar-refractivity contribution is -0.135. The van der Waals surface area contributed by atoms with Crippen LogP contribution in [0.4, 0.5) is 0 Å². The molecule has 1 aliphatic rings. The smallest absolute Gasteiger partial charge is 0.245 e. The summed E-state index contributed by atoms with van der Waals surface area (Å²) in [4.78, 5) is 161. The van der Waals surface area contributed by atoms with Crippen molar-refractivity contribution in [2.45, 2.75) is 107 Å². The highest BCUT2D eigenvalue weighted by atomic mass is 33.1. The number of phenols is 2. The maximum Gasteiger partial charge on any atom is 0.245 e. The fourth-order valence-corrected chi connectivity index (χ4v) is 11.5. The van der Waals surface area contributed by atoms with Crippen LogP contribution in [0.3, 0.4) is 0 Å². The third-order valence-electron chi connectivity index (χ3n) is 14.1. The first-order valence-corrected chi connectivity index (χ1v) is 31.4. The van der Waals surface area contributed by atoms with E-state index in [1.807, 2.05) is 0 Å². The maximum atomic E-state index is 14.7. The second-order valence-corrected chi connectivity index (χ2v) is 24.1. The number of H-pyrrole nitrogens is 1. The number of aliphatic hydroxyl groups is 2. The highest BCUT2D eigenvalue weighted by Crippen LogP contribution is 2.24. The second kappa shape index (κ2) is 36.5. The van der Waals surface area contributed by atoms with Gasteiger partial charge in [0.2, 0.25) is 65.0 Å². The summed E-state index contributed by atoms with van der Waals surface area (Å²) in [6.07, 6.45) is 0.482. The lowest BCUT2D eigenvalue weighted by Crippen LogP contribution is -2.61. The highest BCUT2D eigenvalue weighted by Gasteiger charge is 2.36. The molecule has 22 N–H and O–H groups in total. The number of para-hydroxylation sites is 1. The van der Waals surface area contributed by atoms with E-state index in [0.717, 1.165) is 21.6 Å². The van der Waals surface area contributed by atoms with Gasteiger partial charge in [0.15, 0.2) is 5.96 Å². The van der Waals surface area contributed by atoms with E-state index >= 15 is 0 Å². The molecular weight excluding hydrogens is 1220 g/mol. The van der Waals surface area contributed by atoms with Gasteiger partial charge in [-0.15, -0.1) is 0 Å². The summed E-state index contributed by atoms with van der Waals surface area (Å²) in [6.45, 7) is 0.546. The van der Waals surface area contributed by atoms with Crippen molar-refractivity contribution in [2.75, 3.05) is 51.4 Å². The van der Waals surface area contributed by atoms with E-state index < -0.39 is 151 Å². The lowest BCUT2D eigenvalue weighted by Gasteiger charge is -2.29. The standard InChI is InChI=1S/C58H80N16O15S2/c1-30(2)48-57(89)70-40(22-32-12-16-35(78)17-13-32)52(84)68-38(9-6-19-64-58(60)61)50(82)63-20-18-46(79)67-42(26-75)54(86)69-41(23-33-24-65-37-8-5-4-7-36(33)37)53(85)71-43(27-76)55(87)72-44(49(59)81)28-90-91-29-45(56(88)74-48)73-51(83)39(66-47(80)25-62-3)21-31-10-14-34(77)15-11-31/h4-5,7-8,10-17,24,30,38-45,48,62,65,75-78H,6,9,18-23,25-29H2,1-3H3,(H2,59,81)(H,63,82)(H,66,80)(H,67,79)(H,68,84)(H,69,86)(H,70,89)(H,71,85)(H,72,87)(H,73,83)(H,74,88)(H4,60,61,64)/t38-,39-,40-,41-,42-,43-,44-,45-,48-/m0/s1. The number of hydrogen-bond acceptors (Lipinski definition) is 19. The van der Waals surface area contributed by atoms with E-state index in [9.17, 15) is 73.2 Å². The van der Waals surface area contributed by atoms with E-state index in [0.29, 0.717) is 27.6 Å². The van der Waals surface area contributed by atoms with Crippen LogP contribution in [-0.4, -0.2) is 202 Å². The molecule has 33 heteroatoms. The first-order valence-electron chi connectivity index (χ1n) is 28.9. The van der Waals surface area contributed by atoms with Crippen molar-refractivity contribution < 1.29 is 73.2 Å². The number of aromatic amines is 1. The average Bonchev–Trinajstić information content (AvgIpc) is 2.33. The first kappa shape index (κ1) is 72.6. The summed E-state index contributed by atoms with van der Waals surface area (Å²) in [7, 11) is 3.29. The molecule has 5 rings (SSSR count). The third-order valence-corrected chi connectivity index (χ3v) is 16.5. The van der Waals surface area contributed by atoms with Gasteiger partial charge in [-0.1, -0.05) is 77.9 Å². The molecule has 1 aliphatic heterocycles. The molecule has 1 fully saturated rings. The molecule has 2 heterocycles. The molecule has 31 nitrogen and oxygen atoms in total. The van der Waals surface area contributed by atoms with E-state index in [1.165, 1.54) is 55.6 Å². The molecule has 11 amide bonds. The Balaban J connectivity index is 1.54. The van der Waals surface area contributed by atoms with Crippen molar-refractivity contribution in [1.29, 1.82) is 0 Å². The number of primary amides is 1. The van der Waals surface area contributed by atoms with Crippen LogP contribution in [-0.2, 0) is 72.0 Å². The lowest BCUT2D eigenvalue weighted by atomic mass is 10.00. The molecule has 0 radical (unpaired) electrons. The predicted octanol–water partition coefficient (Wildman–Crippen LogP) is -4.73. The number of nitrogens with one attached hydrogen (secondary N) is 12. The second-order valence-electron chi connectivity index (χ2n) is 21.5. The molecule has 0 saturated carbocycles. The van der Waals surface area contributed by atoms with Gasteiger partial charge < -0.3 is 101 Å². The zero-order chi connectivity index (χ0) is 66.7. The van der Waals surface area contributed by atoms with Crippen LogP contribution in [0.1, 0.15) is 49.8 Å². The Labute approximate surface area is 531 Å². The van der Waals surface area contributed by atoms with Crippen LogP contribution in [0.2, 0.25) is 0 Å². The number of likely N-dealkylation sites (N-methyl/N-ethyl adjacent to an activating group) is 1. The number of rotatable bonds is 19. The number of carbonyl (C=O) groups excluding carboxylic acids is 11. The number of guanidine groups is 1. The number of aliphatic imine (C=N–C) groups is 1. The predicted molar refractivity (Wildman–Crippen MR) is 338 cm³/mol.